The van der Waals surface area contributed by atoms with Crippen LogP contribution in [0.1, 0.15) is 31.7 Å². The molecule has 0 saturated carbocycles. The van der Waals surface area contributed by atoms with Gasteiger partial charge in [0.2, 0.25) is 11.8 Å². The zero-order chi connectivity index (χ0) is 22.2. The lowest BCUT2D eigenvalue weighted by Crippen LogP contribution is -2.52. The lowest BCUT2D eigenvalue weighted by molar-refractivity contribution is -0.137. The summed E-state index contributed by atoms with van der Waals surface area (Å²) in [4.78, 5) is 28.7. The molecule has 2 saturated heterocycles. The Morgan fingerprint density at radius 3 is 2.61 bits per heavy atom. The molecule has 1 spiro atoms. The first-order valence-electron chi connectivity index (χ1n) is 10.5. The van der Waals surface area contributed by atoms with Crippen LogP contribution in [-0.4, -0.2) is 67.8 Å². The molecular weight excluding hydrogens is 415 g/mol. The molecular formula is C21H26F3N3O4. The summed E-state index contributed by atoms with van der Waals surface area (Å²) in [6.45, 7) is 4.57. The zero-order valence-electron chi connectivity index (χ0n) is 17.3. The van der Waals surface area contributed by atoms with Gasteiger partial charge in [-0.2, -0.15) is 13.2 Å². The molecule has 1 aromatic carbocycles. The van der Waals surface area contributed by atoms with Crippen molar-refractivity contribution >= 4 is 23.2 Å². The predicted molar refractivity (Wildman–Crippen MR) is 107 cm³/mol. The maximum absolute atomic E-state index is 13.3. The number of benzene rings is 1. The van der Waals surface area contributed by atoms with Crippen molar-refractivity contribution < 1.29 is 32.2 Å². The third kappa shape index (κ3) is 4.56. The topological polar surface area (TPSA) is 71.1 Å². The van der Waals surface area contributed by atoms with Gasteiger partial charge in [0.1, 0.15) is 6.54 Å². The minimum atomic E-state index is -4.54. The van der Waals surface area contributed by atoms with Gasteiger partial charge in [0.15, 0.2) is 0 Å². The number of halogens is 3. The number of carbonyl (C=O) groups excluding carboxylic acids is 2. The van der Waals surface area contributed by atoms with Gasteiger partial charge in [-0.15, -0.1) is 0 Å². The Morgan fingerprint density at radius 1 is 1.16 bits per heavy atom. The molecule has 10 heteroatoms. The van der Waals surface area contributed by atoms with Gasteiger partial charge < -0.3 is 14.8 Å². The number of ether oxygens (including phenoxy) is 2. The molecule has 0 aromatic heterocycles. The number of hydrogen-bond donors (Lipinski definition) is 1. The van der Waals surface area contributed by atoms with Crippen LogP contribution in [-0.2, 0) is 25.2 Å². The minimum Gasteiger partial charge on any atom is -0.381 e. The summed E-state index contributed by atoms with van der Waals surface area (Å²) in [6, 6.07) is 2.49. The zero-order valence-corrected chi connectivity index (χ0v) is 17.3. The van der Waals surface area contributed by atoms with Crippen LogP contribution in [0.2, 0.25) is 0 Å². The van der Waals surface area contributed by atoms with E-state index >= 15 is 0 Å². The largest absolute Gasteiger partial charge is 0.416 e. The fraction of sp³-hybridized carbons (Fsp3) is 0.619. The van der Waals surface area contributed by atoms with Crippen molar-refractivity contribution in [2.45, 2.75) is 44.0 Å². The van der Waals surface area contributed by atoms with Gasteiger partial charge in [-0.05, 0) is 44.4 Å². The van der Waals surface area contributed by atoms with E-state index in [1.54, 1.807) is 6.92 Å². The highest BCUT2D eigenvalue weighted by atomic mass is 19.4. The van der Waals surface area contributed by atoms with E-state index in [4.69, 9.17) is 9.47 Å². The average molecular weight is 441 g/mol. The Bertz CT molecular complexity index is 855. The summed E-state index contributed by atoms with van der Waals surface area (Å²) in [7, 11) is 0. The lowest BCUT2D eigenvalue weighted by atomic mass is 9.90. The van der Waals surface area contributed by atoms with E-state index < -0.39 is 23.7 Å². The van der Waals surface area contributed by atoms with Gasteiger partial charge in [-0.1, -0.05) is 0 Å². The van der Waals surface area contributed by atoms with E-state index in [1.807, 2.05) is 4.90 Å². The smallest absolute Gasteiger partial charge is 0.381 e. The van der Waals surface area contributed by atoms with Crippen molar-refractivity contribution in [2.24, 2.45) is 0 Å². The first-order chi connectivity index (χ1) is 14.7. The number of alkyl halides is 3. The van der Waals surface area contributed by atoms with Crippen molar-refractivity contribution in [2.75, 3.05) is 49.7 Å². The van der Waals surface area contributed by atoms with Crippen LogP contribution >= 0.6 is 0 Å². The van der Waals surface area contributed by atoms with Crippen molar-refractivity contribution in [1.82, 2.24) is 4.90 Å². The van der Waals surface area contributed by atoms with Gasteiger partial charge in [0.25, 0.3) is 0 Å². The second kappa shape index (κ2) is 8.40. The van der Waals surface area contributed by atoms with Gasteiger partial charge in [0.05, 0.1) is 35.2 Å². The summed E-state index contributed by atoms with van der Waals surface area (Å²) >= 11 is 0. The molecule has 3 aliphatic rings. The van der Waals surface area contributed by atoms with Gasteiger partial charge in [-0.3, -0.25) is 19.4 Å². The number of fused-ring (bicyclic) bond motifs is 1. The standard InChI is InChI=1S/C21H26F3N3O4/c1-14(26-7-4-20(31-11-8-26)5-9-30-10-6-20)19(29)27-13-18(28)25-16-12-15(21(22,23)24)2-3-17(16)27/h2-3,12,14H,4-11,13H2,1H3,(H,25,28). The summed E-state index contributed by atoms with van der Waals surface area (Å²) < 4.78 is 50.7. The van der Waals surface area contributed by atoms with Crippen molar-refractivity contribution in [1.29, 1.82) is 0 Å². The Labute approximate surface area is 178 Å². The van der Waals surface area contributed by atoms with Crippen molar-refractivity contribution in [3.05, 3.63) is 23.8 Å². The number of anilines is 2. The second-order valence-electron chi connectivity index (χ2n) is 8.31. The maximum Gasteiger partial charge on any atom is 0.416 e. The van der Waals surface area contributed by atoms with Gasteiger partial charge in [0, 0.05) is 26.3 Å². The van der Waals surface area contributed by atoms with E-state index in [2.05, 4.69) is 5.32 Å². The SMILES string of the molecule is CC(C(=O)N1CC(=O)Nc2cc(C(F)(F)F)ccc21)N1CCOC2(CCOCC2)CC1. The molecule has 1 aromatic rings. The first-order valence-corrected chi connectivity index (χ1v) is 10.5. The highest BCUT2D eigenvalue weighted by Gasteiger charge is 2.39. The quantitative estimate of drug-likeness (QED) is 0.764. The van der Waals surface area contributed by atoms with Crippen LogP contribution in [0.4, 0.5) is 24.5 Å². The van der Waals surface area contributed by atoms with E-state index in [9.17, 15) is 22.8 Å². The van der Waals surface area contributed by atoms with Crippen LogP contribution in [0, 0.1) is 0 Å². The first kappa shape index (κ1) is 22.0. The number of hydrogen-bond acceptors (Lipinski definition) is 5. The Hall–Kier alpha value is -2.17. The molecule has 3 heterocycles. The van der Waals surface area contributed by atoms with Crippen molar-refractivity contribution in [3.8, 4) is 0 Å². The predicted octanol–water partition coefficient (Wildman–Crippen LogP) is 2.65. The van der Waals surface area contributed by atoms with Crippen LogP contribution in [0.3, 0.4) is 0 Å². The molecule has 2 fully saturated rings. The number of nitrogens with one attached hydrogen (secondary N) is 1. The normalized spacial score (nSPS) is 23.1. The minimum absolute atomic E-state index is 0.00742. The van der Waals surface area contributed by atoms with Crippen LogP contribution < -0.4 is 10.2 Å². The van der Waals surface area contributed by atoms with Gasteiger partial charge >= 0.3 is 6.18 Å². The molecule has 1 N–H and O–H groups in total. The number of amides is 2. The molecule has 4 rings (SSSR count). The Balaban J connectivity index is 1.51. The molecule has 3 aliphatic heterocycles. The molecule has 0 radical (unpaired) electrons. The number of carbonyl (C=O) groups is 2. The lowest BCUT2D eigenvalue weighted by Gasteiger charge is -2.36. The second-order valence-corrected chi connectivity index (χ2v) is 8.31. The average Bonchev–Trinajstić information content (AvgIpc) is 2.94. The van der Waals surface area contributed by atoms with E-state index in [1.165, 1.54) is 11.0 Å². The molecule has 0 aliphatic carbocycles. The molecule has 1 unspecified atom stereocenters. The summed E-state index contributed by atoms with van der Waals surface area (Å²) in [5.41, 5.74) is -0.829. The third-order valence-electron chi connectivity index (χ3n) is 6.41. The Morgan fingerprint density at radius 2 is 1.90 bits per heavy atom. The fourth-order valence-electron chi connectivity index (χ4n) is 4.48. The van der Waals surface area contributed by atoms with Crippen LogP contribution in [0.15, 0.2) is 18.2 Å². The summed E-state index contributed by atoms with van der Waals surface area (Å²) in [5.74, 6) is -0.841. The van der Waals surface area contributed by atoms with Gasteiger partial charge in [-0.25, -0.2) is 0 Å². The molecule has 31 heavy (non-hydrogen) atoms. The van der Waals surface area contributed by atoms with E-state index in [0.29, 0.717) is 32.9 Å². The highest BCUT2D eigenvalue weighted by molar-refractivity contribution is 6.11. The molecule has 2 amide bonds. The van der Waals surface area contributed by atoms with E-state index in [-0.39, 0.29) is 29.4 Å². The summed E-state index contributed by atoms with van der Waals surface area (Å²) in [6.07, 6.45) is -2.11. The molecule has 7 nitrogen and oxygen atoms in total. The number of rotatable bonds is 2. The van der Waals surface area contributed by atoms with Crippen LogP contribution in [0.5, 0.6) is 0 Å². The van der Waals surface area contributed by atoms with Crippen LogP contribution in [0.25, 0.3) is 0 Å². The molecule has 0 bridgehead atoms. The van der Waals surface area contributed by atoms with E-state index in [0.717, 1.165) is 31.4 Å². The number of nitrogens with zero attached hydrogens (tertiary/aromatic N) is 2. The fourth-order valence-corrected chi connectivity index (χ4v) is 4.48. The summed E-state index contributed by atoms with van der Waals surface area (Å²) in [5, 5.41) is 2.45. The monoisotopic (exact) mass is 441 g/mol. The maximum atomic E-state index is 13.3. The molecule has 1 atom stereocenters. The Kier molecular flexibility index (Phi) is 5.97. The third-order valence-corrected chi connectivity index (χ3v) is 6.41. The molecule has 170 valence electrons. The highest BCUT2D eigenvalue weighted by Crippen LogP contribution is 2.37. The van der Waals surface area contributed by atoms with Crippen molar-refractivity contribution in [3.63, 3.8) is 0 Å².